The summed E-state index contributed by atoms with van der Waals surface area (Å²) < 4.78 is 12.8. The highest BCUT2D eigenvalue weighted by atomic mass is 19.1. The third-order valence-corrected chi connectivity index (χ3v) is 2.44. The summed E-state index contributed by atoms with van der Waals surface area (Å²) in [5, 5.41) is 0. The predicted octanol–water partition coefficient (Wildman–Crippen LogP) is 1.96. The summed E-state index contributed by atoms with van der Waals surface area (Å²) in [4.78, 5) is 4.87. The summed E-state index contributed by atoms with van der Waals surface area (Å²) in [6.07, 6.45) is 1.90. The van der Waals surface area contributed by atoms with E-state index in [1.54, 1.807) is 13.2 Å². The van der Waals surface area contributed by atoms with Crippen molar-refractivity contribution in [1.29, 1.82) is 0 Å². The van der Waals surface area contributed by atoms with Crippen molar-refractivity contribution in [3.63, 3.8) is 0 Å². The zero-order valence-corrected chi connectivity index (χ0v) is 7.51. The maximum absolute atomic E-state index is 12.8. The molecule has 2 nitrogen and oxygen atoms in total. The molecule has 2 rings (SSSR count). The Hall–Kier alpha value is -0.930. The van der Waals surface area contributed by atoms with Crippen LogP contribution in [0.2, 0.25) is 0 Å². The van der Waals surface area contributed by atoms with E-state index in [2.05, 4.69) is 5.48 Å². The fourth-order valence-electron chi connectivity index (χ4n) is 1.85. The van der Waals surface area contributed by atoms with E-state index in [-0.39, 0.29) is 11.9 Å². The van der Waals surface area contributed by atoms with Gasteiger partial charge in [0, 0.05) is 0 Å². The molecule has 0 aromatic heterocycles. The fraction of sp³-hybridized carbons (Fsp3) is 0.400. The van der Waals surface area contributed by atoms with Gasteiger partial charge in [0.25, 0.3) is 0 Å². The number of hydroxylamine groups is 1. The summed E-state index contributed by atoms with van der Waals surface area (Å²) in [5.41, 5.74) is 5.15. The maximum atomic E-state index is 12.8. The summed E-state index contributed by atoms with van der Waals surface area (Å²) >= 11 is 0. The molecular weight excluding hydrogens is 169 g/mol. The smallest absolute Gasteiger partial charge is 0.123 e. The second-order valence-electron chi connectivity index (χ2n) is 3.26. The van der Waals surface area contributed by atoms with Crippen LogP contribution in [0.5, 0.6) is 0 Å². The Labute approximate surface area is 76.7 Å². The summed E-state index contributed by atoms with van der Waals surface area (Å²) in [7, 11) is 1.60. The monoisotopic (exact) mass is 181 g/mol. The van der Waals surface area contributed by atoms with Crippen LogP contribution in [0, 0.1) is 5.82 Å². The van der Waals surface area contributed by atoms with Crippen LogP contribution in [0.4, 0.5) is 4.39 Å². The van der Waals surface area contributed by atoms with Crippen molar-refractivity contribution in [3.05, 3.63) is 35.1 Å². The SMILES string of the molecule is CONC1CCc2cc(F)ccc21. The highest BCUT2D eigenvalue weighted by Gasteiger charge is 2.22. The van der Waals surface area contributed by atoms with Crippen LogP contribution < -0.4 is 5.48 Å². The first kappa shape index (κ1) is 8.66. The second-order valence-corrected chi connectivity index (χ2v) is 3.26. The molecular formula is C10H12FNO. The van der Waals surface area contributed by atoms with Crippen LogP contribution in [0.1, 0.15) is 23.6 Å². The van der Waals surface area contributed by atoms with Gasteiger partial charge in [-0.1, -0.05) is 6.07 Å². The van der Waals surface area contributed by atoms with E-state index in [0.29, 0.717) is 0 Å². The number of aryl methyl sites for hydroxylation is 1. The van der Waals surface area contributed by atoms with Gasteiger partial charge < -0.3 is 4.84 Å². The van der Waals surface area contributed by atoms with Crippen molar-refractivity contribution in [2.75, 3.05) is 7.11 Å². The quantitative estimate of drug-likeness (QED) is 0.704. The van der Waals surface area contributed by atoms with Crippen molar-refractivity contribution < 1.29 is 9.23 Å². The second kappa shape index (κ2) is 3.44. The van der Waals surface area contributed by atoms with Crippen molar-refractivity contribution in [2.45, 2.75) is 18.9 Å². The lowest BCUT2D eigenvalue weighted by molar-refractivity contribution is 0.0610. The van der Waals surface area contributed by atoms with E-state index in [0.717, 1.165) is 24.0 Å². The minimum absolute atomic E-state index is 0.156. The Morgan fingerprint density at radius 1 is 1.54 bits per heavy atom. The topological polar surface area (TPSA) is 21.3 Å². The van der Waals surface area contributed by atoms with Crippen LogP contribution in [0.3, 0.4) is 0 Å². The van der Waals surface area contributed by atoms with Gasteiger partial charge in [0.15, 0.2) is 0 Å². The lowest BCUT2D eigenvalue weighted by Crippen LogP contribution is -2.17. The van der Waals surface area contributed by atoms with Crippen LogP contribution >= 0.6 is 0 Å². The van der Waals surface area contributed by atoms with Crippen LogP contribution in [0.25, 0.3) is 0 Å². The molecule has 1 aliphatic carbocycles. The van der Waals surface area contributed by atoms with E-state index in [9.17, 15) is 4.39 Å². The standard InChI is InChI=1S/C10H12FNO/c1-13-12-10-5-2-7-6-8(11)3-4-9(7)10/h3-4,6,10,12H,2,5H2,1H3. The summed E-state index contributed by atoms with van der Waals surface area (Å²) in [6.45, 7) is 0. The predicted molar refractivity (Wildman–Crippen MR) is 47.6 cm³/mol. The van der Waals surface area contributed by atoms with Gasteiger partial charge in [-0.2, -0.15) is 5.48 Å². The zero-order chi connectivity index (χ0) is 9.26. The largest absolute Gasteiger partial charge is 0.305 e. The minimum atomic E-state index is -0.156. The minimum Gasteiger partial charge on any atom is -0.305 e. The molecule has 0 radical (unpaired) electrons. The Kier molecular flexibility index (Phi) is 2.29. The van der Waals surface area contributed by atoms with Crippen LogP contribution in [0.15, 0.2) is 18.2 Å². The molecule has 0 heterocycles. The number of nitrogens with one attached hydrogen (secondary N) is 1. The van der Waals surface area contributed by atoms with E-state index in [1.165, 1.54) is 6.07 Å². The maximum Gasteiger partial charge on any atom is 0.123 e. The molecule has 70 valence electrons. The van der Waals surface area contributed by atoms with Crippen molar-refractivity contribution in [2.24, 2.45) is 0 Å². The number of benzene rings is 1. The molecule has 0 saturated carbocycles. The molecule has 0 fully saturated rings. The zero-order valence-electron chi connectivity index (χ0n) is 7.51. The van der Waals surface area contributed by atoms with Crippen molar-refractivity contribution >= 4 is 0 Å². The molecule has 0 aliphatic heterocycles. The average Bonchev–Trinajstić information content (AvgIpc) is 2.49. The Balaban J connectivity index is 2.27. The van der Waals surface area contributed by atoms with Gasteiger partial charge in [-0.05, 0) is 36.1 Å². The Morgan fingerprint density at radius 2 is 2.38 bits per heavy atom. The number of halogens is 1. The molecule has 1 aliphatic rings. The normalized spacial score (nSPS) is 20.3. The number of rotatable bonds is 2. The average molecular weight is 181 g/mol. The number of hydrogen-bond acceptors (Lipinski definition) is 2. The third kappa shape index (κ3) is 1.57. The molecule has 0 amide bonds. The molecule has 0 bridgehead atoms. The Morgan fingerprint density at radius 3 is 3.15 bits per heavy atom. The van der Waals surface area contributed by atoms with Gasteiger partial charge in [-0.25, -0.2) is 4.39 Å². The number of hydrogen-bond donors (Lipinski definition) is 1. The molecule has 1 aromatic carbocycles. The highest BCUT2D eigenvalue weighted by molar-refractivity contribution is 5.34. The van der Waals surface area contributed by atoms with E-state index in [1.807, 2.05) is 6.07 Å². The molecule has 0 spiro atoms. The highest BCUT2D eigenvalue weighted by Crippen LogP contribution is 2.31. The first-order valence-electron chi connectivity index (χ1n) is 4.38. The van der Waals surface area contributed by atoms with Gasteiger partial charge in [0.2, 0.25) is 0 Å². The molecule has 13 heavy (non-hydrogen) atoms. The molecule has 1 atom stereocenters. The van der Waals surface area contributed by atoms with E-state index < -0.39 is 0 Å². The van der Waals surface area contributed by atoms with Gasteiger partial charge in [0.05, 0.1) is 13.2 Å². The van der Waals surface area contributed by atoms with Crippen molar-refractivity contribution in [3.8, 4) is 0 Å². The Bertz CT molecular complexity index is 314. The van der Waals surface area contributed by atoms with Gasteiger partial charge in [-0.3, -0.25) is 0 Å². The van der Waals surface area contributed by atoms with Gasteiger partial charge in [0.1, 0.15) is 5.82 Å². The molecule has 3 heteroatoms. The van der Waals surface area contributed by atoms with Gasteiger partial charge >= 0.3 is 0 Å². The fourth-order valence-corrected chi connectivity index (χ4v) is 1.85. The number of fused-ring (bicyclic) bond motifs is 1. The van der Waals surface area contributed by atoms with E-state index in [4.69, 9.17) is 4.84 Å². The summed E-state index contributed by atoms with van der Waals surface area (Å²) in [6, 6.07) is 5.15. The first-order valence-corrected chi connectivity index (χ1v) is 4.38. The van der Waals surface area contributed by atoms with Crippen LogP contribution in [-0.2, 0) is 11.3 Å². The lowest BCUT2D eigenvalue weighted by Gasteiger charge is -2.11. The van der Waals surface area contributed by atoms with Crippen LogP contribution in [-0.4, -0.2) is 7.11 Å². The first-order chi connectivity index (χ1) is 6.31. The lowest BCUT2D eigenvalue weighted by atomic mass is 10.1. The molecule has 1 aromatic rings. The van der Waals surface area contributed by atoms with E-state index >= 15 is 0 Å². The third-order valence-electron chi connectivity index (χ3n) is 2.44. The molecule has 0 saturated heterocycles. The molecule has 1 unspecified atom stereocenters. The van der Waals surface area contributed by atoms with Crippen molar-refractivity contribution in [1.82, 2.24) is 5.48 Å². The van der Waals surface area contributed by atoms with Gasteiger partial charge in [-0.15, -0.1) is 0 Å². The summed E-state index contributed by atoms with van der Waals surface area (Å²) in [5.74, 6) is -0.156. The molecule has 1 N–H and O–H groups in total.